The number of thioether (sulfide) groups is 1. The molecular formula is C12H17ClN2OS. The zero-order valence-electron chi connectivity index (χ0n) is 9.62. The van der Waals surface area contributed by atoms with Crippen molar-refractivity contribution in [1.82, 2.24) is 0 Å². The number of anilines is 1. The van der Waals surface area contributed by atoms with Crippen LogP contribution < -0.4 is 11.1 Å². The van der Waals surface area contributed by atoms with Gasteiger partial charge in [0, 0.05) is 10.7 Å². The lowest BCUT2D eigenvalue weighted by molar-refractivity contribution is -0.113. The minimum atomic E-state index is 0.0186. The molecule has 0 aliphatic rings. The maximum Gasteiger partial charge on any atom is 0.234 e. The third kappa shape index (κ3) is 6.56. The fourth-order valence-electron chi connectivity index (χ4n) is 1.24. The number of nitrogens with one attached hydrogen (secondary N) is 1. The van der Waals surface area contributed by atoms with E-state index in [0.717, 1.165) is 30.8 Å². The van der Waals surface area contributed by atoms with Crippen molar-refractivity contribution >= 4 is 35.0 Å². The van der Waals surface area contributed by atoms with Crippen molar-refractivity contribution in [3.8, 4) is 0 Å². The van der Waals surface area contributed by atoms with Crippen molar-refractivity contribution in [1.29, 1.82) is 0 Å². The van der Waals surface area contributed by atoms with Gasteiger partial charge in [0.2, 0.25) is 5.91 Å². The van der Waals surface area contributed by atoms with Gasteiger partial charge in [-0.3, -0.25) is 4.79 Å². The van der Waals surface area contributed by atoms with E-state index in [-0.39, 0.29) is 5.91 Å². The molecule has 3 nitrogen and oxygen atoms in total. The van der Waals surface area contributed by atoms with Gasteiger partial charge in [-0.2, -0.15) is 11.8 Å². The molecule has 94 valence electrons. The van der Waals surface area contributed by atoms with E-state index in [1.54, 1.807) is 36.0 Å². The van der Waals surface area contributed by atoms with Gasteiger partial charge in [-0.25, -0.2) is 0 Å². The van der Waals surface area contributed by atoms with Gasteiger partial charge < -0.3 is 11.1 Å². The lowest BCUT2D eigenvalue weighted by Gasteiger charge is -2.05. The molecule has 0 unspecified atom stereocenters. The number of unbranched alkanes of at least 4 members (excludes halogenated alkanes) is 1. The van der Waals surface area contributed by atoms with Crippen molar-refractivity contribution in [3.63, 3.8) is 0 Å². The molecule has 0 radical (unpaired) electrons. The SMILES string of the molecule is NCCCCSCC(=O)Nc1ccc(Cl)cc1. The second-order valence-electron chi connectivity index (χ2n) is 3.60. The molecule has 0 atom stereocenters. The fraction of sp³-hybridized carbons (Fsp3) is 0.417. The first kappa shape index (κ1) is 14.4. The molecule has 0 aliphatic heterocycles. The Morgan fingerprint density at radius 3 is 2.65 bits per heavy atom. The highest BCUT2D eigenvalue weighted by Gasteiger charge is 2.02. The highest BCUT2D eigenvalue weighted by Crippen LogP contribution is 2.14. The third-order valence-electron chi connectivity index (χ3n) is 2.10. The molecule has 0 saturated heterocycles. The molecule has 0 aliphatic carbocycles. The minimum absolute atomic E-state index is 0.0186. The molecule has 0 aromatic heterocycles. The summed E-state index contributed by atoms with van der Waals surface area (Å²) in [6, 6.07) is 7.09. The quantitative estimate of drug-likeness (QED) is 0.751. The second-order valence-corrected chi connectivity index (χ2v) is 5.15. The molecule has 0 spiro atoms. The molecule has 0 bridgehead atoms. The topological polar surface area (TPSA) is 55.1 Å². The Kier molecular flexibility index (Phi) is 7.08. The summed E-state index contributed by atoms with van der Waals surface area (Å²) in [5.41, 5.74) is 6.17. The number of carbonyl (C=O) groups is 1. The molecule has 1 amide bonds. The third-order valence-corrected chi connectivity index (χ3v) is 3.40. The van der Waals surface area contributed by atoms with Crippen LogP contribution in [0.15, 0.2) is 24.3 Å². The molecule has 1 rings (SSSR count). The summed E-state index contributed by atoms with van der Waals surface area (Å²) >= 11 is 7.38. The maximum absolute atomic E-state index is 11.5. The van der Waals surface area contributed by atoms with E-state index in [4.69, 9.17) is 17.3 Å². The molecule has 5 heteroatoms. The molecule has 1 aromatic carbocycles. The van der Waals surface area contributed by atoms with Crippen molar-refractivity contribution in [2.75, 3.05) is 23.4 Å². The highest BCUT2D eigenvalue weighted by atomic mass is 35.5. The Balaban J connectivity index is 2.18. The van der Waals surface area contributed by atoms with E-state index < -0.39 is 0 Å². The van der Waals surface area contributed by atoms with Crippen LogP contribution in [0.2, 0.25) is 5.02 Å². The first-order valence-corrected chi connectivity index (χ1v) is 7.09. The van der Waals surface area contributed by atoms with E-state index in [1.807, 2.05) is 0 Å². The summed E-state index contributed by atoms with van der Waals surface area (Å²) < 4.78 is 0. The normalized spacial score (nSPS) is 10.2. The Hall–Kier alpha value is -0.710. The van der Waals surface area contributed by atoms with E-state index in [9.17, 15) is 4.79 Å². The van der Waals surface area contributed by atoms with Crippen molar-refractivity contribution in [3.05, 3.63) is 29.3 Å². The standard InChI is InChI=1S/C12H17ClN2OS/c13-10-3-5-11(6-4-10)15-12(16)9-17-8-2-1-7-14/h3-6H,1-2,7-9,14H2,(H,15,16). The van der Waals surface area contributed by atoms with Crippen LogP contribution in [-0.2, 0) is 4.79 Å². The number of carbonyl (C=O) groups excluding carboxylic acids is 1. The maximum atomic E-state index is 11.5. The van der Waals surface area contributed by atoms with Gasteiger partial charge in [0.25, 0.3) is 0 Å². The number of hydrogen-bond acceptors (Lipinski definition) is 3. The van der Waals surface area contributed by atoms with E-state index in [1.165, 1.54) is 0 Å². The van der Waals surface area contributed by atoms with Crippen LogP contribution in [0.25, 0.3) is 0 Å². The van der Waals surface area contributed by atoms with Crippen LogP contribution in [0, 0.1) is 0 Å². The second kappa shape index (κ2) is 8.39. The van der Waals surface area contributed by atoms with Gasteiger partial charge >= 0.3 is 0 Å². The summed E-state index contributed by atoms with van der Waals surface area (Å²) in [4.78, 5) is 11.5. The monoisotopic (exact) mass is 272 g/mol. The molecule has 17 heavy (non-hydrogen) atoms. The van der Waals surface area contributed by atoms with Crippen LogP contribution in [-0.4, -0.2) is 24.0 Å². The molecule has 1 aromatic rings. The zero-order valence-corrected chi connectivity index (χ0v) is 11.2. The Labute approximate surface area is 111 Å². The zero-order chi connectivity index (χ0) is 12.5. The fourth-order valence-corrected chi connectivity index (χ4v) is 2.18. The van der Waals surface area contributed by atoms with Crippen molar-refractivity contribution < 1.29 is 4.79 Å². The van der Waals surface area contributed by atoms with Crippen LogP contribution in [0.3, 0.4) is 0 Å². The summed E-state index contributed by atoms with van der Waals surface area (Å²) in [6.07, 6.45) is 2.08. The lowest BCUT2D eigenvalue weighted by Crippen LogP contribution is -2.14. The van der Waals surface area contributed by atoms with Gasteiger partial charge in [-0.15, -0.1) is 0 Å². The molecule has 0 heterocycles. The van der Waals surface area contributed by atoms with E-state index in [2.05, 4.69) is 5.32 Å². The number of halogens is 1. The van der Waals surface area contributed by atoms with Crippen molar-refractivity contribution in [2.24, 2.45) is 5.73 Å². The summed E-state index contributed by atoms with van der Waals surface area (Å²) in [5.74, 6) is 1.48. The van der Waals surface area contributed by atoms with E-state index in [0.29, 0.717) is 10.8 Å². The predicted octanol–water partition coefficient (Wildman–Crippen LogP) is 2.75. The lowest BCUT2D eigenvalue weighted by atomic mass is 10.3. The summed E-state index contributed by atoms with van der Waals surface area (Å²) in [7, 11) is 0. The number of amides is 1. The molecule has 3 N–H and O–H groups in total. The van der Waals surface area contributed by atoms with Crippen LogP contribution in [0.1, 0.15) is 12.8 Å². The number of rotatable bonds is 7. The highest BCUT2D eigenvalue weighted by molar-refractivity contribution is 7.99. The number of nitrogens with two attached hydrogens (primary N) is 1. The number of benzene rings is 1. The van der Waals surface area contributed by atoms with Crippen LogP contribution in [0.5, 0.6) is 0 Å². The largest absolute Gasteiger partial charge is 0.330 e. The summed E-state index contributed by atoms with van der Waals surface area (Å²) in [6.45, 7) is 0.720. The summed E-state index contributed by atoms with van der Waals surface area (Å²) in [5, 5.41) is 3.48. The average molecular weight is 273 g/mol. The predicted molar refractivity (Wildman–Crippen MR) is 75.7 cm³/mol. The first-order valence-electron chi connectivity index (χ1n) is 5.55. The van der Waals surface area contributed by atoms with Gasteiger partial charge in [0.05, 0.1) is 5.75 Å². The Bertz CT molecular complexity index is 343. The van der Waals surface area contributed by atoms with Gasteiger partial charge in [0.1, 0.15) is 0 Å². The number of hydrogen-bond donors (Lipinski definition) is 2. The van der Waals surface area contributed by atoms with Gasteiger partial charge in [-0.05, 0) is 49.4 Å². The van der Waals surface area contributed by atoms with Gasteiger partial charge in [0.15, 0.2) is 0 Å². The Morgan fingerprint density at radius 1 is 1.29 bits per heavy atom. The van der Waals surface area contributed by atoms with E-state index >= 15 is 0 Å². The van der Waals surface area contributed by atoms with Crippen LogP contribution >= 0.6 is 23.4 Å². The molecule has 0 saturated carbocycles. The first-order chi connectivity index (χ1) is 8.22. The molecular weight excluding hydrogens is 256 g/mol. The van der Waals surface area contributed by atoms with Crippen LogP contribution in [0.4, 0.5) is 5.69 Å². The average Bonchev–Trinajstić information content (AvgIpc) is 2.32. The smallest absolute Gasteiger partial charge is 0.234 e. The minimum Gasteiger partial charge on any atom is -0.330 e. The van der Waals surface area contributed by atoms with Crippen molar-refractivity contribution in [2.45, 2.75) is 12.8 Å². The Morgan fingerprint density at radius 2 is 2.00 bits per heavy atom. The molecule has 0 fully saturated rings. The van der Waals surface area contributed by atoms with Gasteiger partial charge in [-0.1, -0.05) is 11.6 Å².